The van der Waals surface area contributed by atoms with E-state index in [9.17, 15) is 10.2 Å². The first kappa shape index (κ1) is 21.4. The maximum absolute atomic E-state index is 10.6. The van der Waals surface area contributed by atoms with E-state index >= 15 is 0 Å². The fraction of sp³-hybridized carbons (Fsp3) is 0.478. The number of ether oxygens (including phenoxy) is 1. The summed E-state index contributed by atoms with van der Waals surface area (Å²) in [6, 6.07) is 8.48. The SMILES string of the molecule is Nc1ncnc2c1ncn2[C@@H]1O[C@H](CNC2CC(CCc3nc4ccccc4[nH]3)C2)[C@@H](O)[C@H]1O. The maximum Gasteiger partial charge on any atom is 0.167 e. The summed E-state index contributed by atoms with van der Waals surface area (Å²) < 4.78 is 7.60. The van der Waals surface area contributed by atoms with Crippen LogP contribution in [0, 0.1) is 5.92 Å². The molecule has 0 spiro atoms. The molecule has 1 aromatic carbocycles. The highest BCUT2D eigenvalue weighted by molar-refractivity contribution is 5.81. The Morgan fingerprint density at radius 2 is 2.00 bits per heavy atom. The van der Waals surface area contributed by atoms with E-state index in [2.05, 4.69) is 36.3 Å². The summed E-state index contributed by atoms with van der Waals surface area (Å²) in [7, 11) is 0. The summed E-state index contributed by atoms with van der Waals surface area (Å²) in [5, 5.41) is 24.6. The molecule has 1 saturated carbocycles. The highest BCUT2D eigenvalue weighted by atomic mass is 16.6. The Morgan fingerprint density at radius 1 is 1.15 bits per heavy atom. The van der Waals surface area contributed by atoms with Crippen LogP contribution in [0.1, 0.15) is 31.3 Å². The topological polar surface area (TPSA) is 160 Å². The van der Waals surface area contributed by atoms with Gasteiger partial charge >= 0.3 is 0 Å². The lowest BCUT2D eigenvalue weighted by Crippen LogP contribution is -2.46. The molecule has 1 aliphatic carbocycles. The molecule has 3 aromatic heterocycles. The number of nitrogens with zero attached hydrogens (tertiary/aromatic N) is 5. The minimum atomic E-state index is -1.10. The molecule has 34 heavy (non-hydrogen) atoms. The largest absolute Gasteiger partial charge is 0.387 e. The first-order valence-corrected chi connectivity index (χ1v) is 11.7. The highest BCUT2D eigenvalue weighted by Crippen LogP contribution is 2.34. The van der Waals surface area contributed by atoms with E-state index in [1.807, 2.05) is 18.2 Å². The minimum Gasteiger partial charge on any atom is -0.387 e. The van der Waals surface area contributed by atoms with E-state index in [0.717, 1.165) is 42.5 Å². The van der Waals surface area contributed by atoms with Gasteiger partial charge in [0, 0.05) is 19.0 Å². The number of nitrogens with one attached hydrogen (secondary N) is 2. The van der Waals surface area contributed by atoms with Crippen molar-refractivity contribution in [2.75, 3.05) is 12.3 Å². The van der Waals surface area contributed by atoms with E-state index < -0.39 is 24.5 Å². The smallest absolute Gasteiger partial charge is 0.167 e. The first-order valence-electron chi connectivity index (χ1n) is 11.7. The number of para-hydroxylation sites is 2. The number of hydrogen-bond acceptors (Lipinski definition) is 9. The molecule has 4 atom stereocenters. The average molecular weight is 465 g/mol. The van der Waals surface area contributed by atoms with Gasteiger partial charge in [-0.15, -0.1) is 0 Å². The Bertz CT molecular complexity index is 1270. The Hall–Kier alpha value is -3.12. The Balaban J connectivity index is 0.995. The van der Waals surface area contributed by atoms with Crippen LogP contribution in [0.25, 0.3) is 22.2 Å². The number of benzene rings is 1. The number of aliphatic hydroxyl groups excluding tert-OH is 2. The molecule has 6 rings (SSSR count). The van der Waals surface area contributed by atoms with Gasteiger partial charge < -0.3 is 31.0 Å². The summed E-state index contributed by atoms with van der Waals surface area (Å²) in [4.78, 5) is 20.4. The molecule has 11 heteroatoms. The van der Waals surface area contributed by atoms with Gasteiger partial charge in [0.25, 0.3) is 0 Å². The van der Waals surface area contributed by atoms with Gasteiger partial charge in [-0.3, -0.25) is 4.57 Å². The molecular formula is C23H28N8O3. The zero-order valence-corrected chi connectivity index (χ0v) is 18.6. The third kappa shape index (κ3) is 3.80. The third-order valence-electron chi connectivity index (χ3n) is 7.07. The number of fused-ring (bicyclic) bond motifs is 2. The van der Waals surface area contributed by atoms with E-state index in [4.69, 9.17) is 10.5 Å². The monoisotopic (exact) mass is 464 g/mol. The van der Waals surface area contributed by atoms with Crippen molar-refractivity contribution < 1.29 is 14.9 Å². The van der Waals surface area contributed by atoms with Crippen molar-refractivity contribution in [3.8, 4) is 0 Å². The van der Waals surface area contributed by atoms with Crippen LogP contribution in [0.5, 0.6) is 0 Å². The number of rotatable bonds is 7. The first-order chi connectivity index (χ1) is 16.6. The number of aromatic nitrogens is 6. The van der Waals surface area contributed by atoms with Gasteiger partial charge in [0.15, 0.2) is 17.7 Å². The van der Waals surface area contributed by atoms with Crippen LogP contribution in [0.2, 0.25) is 0 Å². The lowest BCUT2D eigenvalue weighted by Gasteiger charge is -2.36. The molecule has 1 saturated heterocycles. The summed E-state index contributed by atoms with van der Waals surface area (Å²) in [5.41, 5.74) is 8.85. The third-order valence-corrected chi connectivity index (χ3v) is 7.07. The van der Waals surface area contributed by atoms with E-state index in [-0.39, 0.29) is 5.82 Å². The van der Waals surface area contributed by atoms with Crippen LogP contribution in [0.4, 0.5) is 5.82 Å². The number of H-pyrrole nitrogens is 1. The quantitative estimate of drug-likeness (QED) is 0.268. The predicted octanol–water partition coefficient (Wildman–Crippen LogP) is 0.905. The van der Waals surface area contributed by atoms with Crippen molar-refractivity contribution in [1.82, 2.24) is 34.8 Å². The van der Waals surface area contributed by atoms with Crippen LogP contribution in [-0.4, -0.2) is 70.6 Å². The fourth-order valence-corrected chi connectivity index (χ4v) is 5.07. The molecule has 0 radical (unpaired) electrons. The molecule has 0 unspecified atom stereocenters. The van der Waals surface area contributed by atoms with Gasteiger partial charge in [-0.1, -0.05) is 12.1 Å². The second kappa shape index (κ2) is 8.58. The zero-order chi connectivity index (χ0) is 23.2. The molecule has 4 heterocycles. The molecule has 0 amide bonds. The lowest BCUT2D eigenvalue weighted by molar-refractivity contribution is -0.0357. The summed E-state index contributed by atoms with van der Waals surface area (Å²) in [6.45, 7) is 0.458. The van der Waals surface area contributed by atoms with Crippen molar-refractivity contribution in [3.05, 3.63) is 42.7 Å². The second-order valence-electron chi connectivity index (χ2n) is 9.31. The molecule has 2 aliphatic rings. The van der Waals surface area contributed by atoms with Gasteiger partial charge in [0.1, 0.15) is 36.0 Å². The molecule has 11 nitrogen and oxygen atoms in total. The van der Waals surface area contributed by atoms with Gasteiger partial charge in [-0.05, 0) is 37.3 Å². The second-order valence-corrected chi connectivity index (χ2v) is 9.31. The van der Waals surface area contributed by atoms with Crippen LogP contribution < -0.4 is 11.1 Å². The van der Waals surface area contributed by atoms with Gasteiger partial charge in [0.2, 0.25) is 0 Å². The van der Waals surface area contributed by atoms with E-state index in [1.165, 1.54) is 12.7 Å². The maximum atomic E-state index is 10.6. The number of hydrogen-bond donors (Lipinski definition) is 5. The zero-order valence-electron chi connectivity index (χ0n) is 18.6. The minimum absolute atomic E-state index is 0.259. The van der Waals surface area contributed by atoms with Crippen molar-refractivity contribution in [3.63, 3.8) is 0 Å². The standard InChI is InChI=1S/C23H28N8O3/c24-21-18-22(27-10-26-21)31(11-28-18)23-20(33)19(32)16(34-23)9-25-13-7-12(8-13)5-6-17-29-14-3-1-2-4-15(14)30-17/h1-4,10-13,16,19-20,23,25,32-33H,5-9H2,(H,29,30)(H2,24,26,27)/t12?,13?,16-,19-,20-,23-/m1/s1. The molecule has 0 bridgehead atoms. The number of aryl methyl sites for hydroxylation is 1. The van der Waals surface area contributed by atoms with Crippen LogP contribution >= 0.6 is 0 Å². The summed E-state index contributed by atoms with van der Waals surface area (Å²) in [6.07, 6.45) is 3.60. The highest BCUT2D eigenvalue weighted by Gasteiger charge is 2.44. The molecular weight excluding hydrogens is 436 g/mol. The number of imidazole rings is 2. The Labute approximate surface area is 195 Å². The van der Waals surface area contributed by atoms with Gasteiger partial charge in [-0.25, -0.2) is 19.9 Å². The number of anilines is 1. The molecule has 178 valence electrons. The molecule has 6 N–H and O–H groups in total. The fourth-order valence-electron chi connectivity index (χ4n) is 5.07. The predicted molar refractivity (Wildman–Crippen MR) is 125 cm³/mol. The number of aliphatic hydroxyl groups is 2. The Kier molecular flexibility index (Phi) is 5.41. The number of aromatic amines is 1. The number of nitrogen functional groups attached to an aromatic ring is 1. The van der Waals surface area contributed by atoms with Gasteiger partial charge in [0.05, 0.1) is 17.4 Å². The Morgan fingerprint density at radius 3 is 2.85 bits per heavy atom. The average Bonchev–Trinajstić information content (AvgIpc) is 3.50. The molecule has 4 aromatic rings. The van der Waals surface area contributed by atoms with Crippen molar-refractivity contribution in [2.45, 2.75) is 56.3 Å². The van der Waals surface area contributed by atoms with Crippen LogP contribution in [0.3, 0.4) is 0 Å². The van der Waals surface area contributed by atoms with Crippen molar-refractivity contribution in [2.24, 2.45) is 5.92 Å². The summed E-state index contributed by atoms with van der Waals surface area (Å²) in [5.74, 6) is 1.95. The van der Waals surface area contributed by atoms with E-state index in [1.54, 1.807) is 4.57 Å². The van der Waals surface area contributed by atoms with Crippen LogP contribution in [0.15, 0.2) is 36.9 Å². The summed E-state index contributed by atoms with van der Waals surface area (Å²) >= 11 is 0. The normalized spacial score (nSPS) is 29.1. The van der Waals surface area contributed by atoms with E-state index in [0.29, 0.717) is 29.7 Å². The van der Waals surface area contributed by atoms with Crippen LogP contribution in [-0.2, 0) is 11.2 Å². The van der Waals surface area contributed by atoms with Crippen molar-refractivity contribution >= 4 is 28.0 Å². The number of nitrogens with two attached hydrogens (primary N) is 1. The molecule has 2 fully saturated rings. The van der Waals surface area contributed by atoms with Gasteiger partial charge in [-0.2, -0.15) is 0 Å². The molecule has 1 aliphatic heterocycles. The lowest BCUT2D eigenvalue weighted by atomic mass is 9.77. The van der Waals surface area contributed by atoms with Crippen molar-refractivity contribution in [1.29, 1.82) is 0 Å².